The zero-order valence-corrected chi connectivity index (χ0v) is 7.92. The summed E-state index contributed by atoms with van der Waals surface area (Å²) in [5.74, 6) is 0. The van der Waals surface area contributed by atoms with Crippen molar-refractivity contribution in [1.29, 1.82) is 0 Å². The first-order valence-corrected chi connectivity index (χ1v) is 4.72. The molecule has 3 aromatic rings. The Bertz CT molecular complexity index is 649. The van der Waals surface area contributed by atoms with Gasteiger partial charge in [-0.2, -0.15) is 4.73 Å². The Hall–Kier alpha value is -2.16. The Morgan fingerprint density at radius 1 is 1.00 bits per heavy atom. The summed E-state index contributed by atoms with van der Waals surface area (Å²) in [5, 5.41) is 13.6. The number of benzene rings is 1. The van der Waals surface area contributed by atoms with Gasteiger partial charge in [-0.15, -0.1) is 0 Å². The lowest BCUT2D eigenvalue weighted by atomic mass is 10.1. The highest BCUT2D eigenvalue weighted by Crippen LogP contribution is 2.19. The summed E-state index contributed by atoms with van der Waals surface area (Å²) in [6, 6.07) is 11.4. The molecule has 15 heavy (non-hydrogen) atoms. The van der Waals surface area contributed by atoms with E-state index in [2.05, 4.69) is 4.98 Å². The second kappa shape index (κ2) is 2.92. The molecular formula is C12H8N2O. The van der Waals surface area contributed by atoms with Crippen molar-refractivity contribution in [3.63, 3.8) is 0 Å². The Morgan fingerprint density at radius 2 is 1.80 bits per heavy atom. The van der Waals surface area contributed by atoms with Crippen molar-refractivity contribution >= 4 is 21.8 Å². The van der Waals surface area contributed by atoms with E-state index in [-0.39, 0.29) is 0 Å². The number of fused-ring (bicyclic) bond motifs is 3. The highest BCUT2D eigenvalue weighted by Gasteiger charge is 2.08. The van der Waals surface area contributed by atoms with Crippen molar-refractivity contribution in [1.82, 2.24) is 4.98 Å². The molecule has 0 saturated carbocycles. The van der Waals surface area contributed by atoms with E-state index in [1.165, 1.54) is 6.20 Å². The van der Waals surface area contributed by atoms with Gasteiger partial charge >= 0.3 is 0 Å². The highest BCUT2D eigenvalue weighted by atomic mass is 16.5. The minimum absolute atomic E-state index is 0.635. The van der Waals surface area contributed by atoms with E-state index in [1.807, 2.05) is 30.3 Å². The number of aromatic nitrogens is 2. The molecule has 1 aromatic carbocycles. The molecule has 2 aromatic heterocycles. The van der Waals surface area contributed by atoms with Crippen molar-refractivity contribution in [2.45, 2.75) is 0 Å². The van der Waals surface area contributed by atoms with Crippen LogP contribution >= 0.6 is 0 Å². The molecule has 0 spiro atoms. The Balaban J connectivity index is 2.64. The summed E-state index contributed by atoms with van der Waals surface area (Å²) < 4.78 is 0.866. The van der Waals surface area contributed by atoms with Crippen LogP contribution in [0, 0.1) is 5.21 Å². The quantitative estimate of drug-likeness (QED) is 0.313. The van der Waals surface area contributed by atoms with Gasteiger partial charge in [0.25, 0.3) is 0 Å². The third kappa shape index (κ3) is 1.13. The van der Waals surface area contributed by atoms with Crippen molar-refractivity contribution in [3.8, 4) is 0 Å². The van der Waals surface area contributed by atoms with Crippen LogP contribution in [-0.4, -0.2) is 4.98 Å². The average molecular weight is 196 g/mol. The van der Waals surface area contributed by atoms with Crippen LogP contribution in [0.1, 0.15) is 0 Å². The third-order valence-corrected chi connectivity index (χ3v) is 2.50. The minimum atomic E-state index is 0.635. The molecule has 0 saturated heterocycles. The average Bonchev–Trinajstić information content (AvgIpc) is 2.29. The summed E-state index contributed by atoms with van der Waals surface area (Å²) in [7, 11) is 0. The van der Waals surface area contributed by atoms with E-state index in [0.29, 0.717) is 5.52 Å². The maximum atomic E-state index is 11.7. The van der Waals surface area contributed by atoms with Gasteiger partial charge in [0, 0.05) is 17.6 Å². The molecule has 72 valence electrons. The number of nitrogens with zero attached hydrogens (tertiary/aromatic N) is 2. The van der Waals surface area contributed by atoms with E-state index in [9.17, 15) is 5.21 Å². The summed E-state index contributed by atoms with van der Waals surface area (Å²) in [6.07, 6.45) is 3.20. The third-order valence-electron chi connectivity index (χ3n) is 2.50. The minimum Gasteiger partial charge on any atom is -0.618 e. The zero-order valence-electron chi connectivity index (χ0n) is 7.92. The van der Waals surface area contributed by atoms with Crippen molar-refractivity contribution in [2.75, 3.05) is 0 Å². The first-order valence-electron chi connectivity index (χ1n) is 4.72. The number of hydrogen-bond donors (Lipinski definition) is 0. The van der Waals surface area contributed by atoms with Crippen molar-refractivity contribution in [3.05, 3.63) is 54.0 Å². The Labute approximate surface area is 86.2 Å². The summed E-state index contributed by atoms with van der Waals surface area (Å²) >= 11 is 0. The number of pyridine rings is 2. The van der Waals surface area contributed by atoms with Crippen LogP contribution in [0.4, 0.5) is 0 Å². The number of hydrogen-bond acceptors (Lipinski definition) is 2. The largest absolute Gasteiger partial charge is 0.618 e. The van der Waals surface area contributed by atoms with Gasteiger partial charge in [0.1, 0.15) is 5.52 Å². The molecule has 3 nitrogen and oxygen atoms in total. The molecule has 0 unspecified atom stereocenters. The fraction of sp³-hybridized carbons (Fsp3) is 0. The molecule has 0 bridgehead atoms. The molecule has 0 amide bonds. The van der Waals surface area contributed by atoms with E-state index in [4.69, 9.17) is 0 Å². The molecule has 0 aliphatic heterocycles. The predicted octanol–water partition coefficient (Wildman–Crippen LogP) is 2.02. The van der Waals surface area contributed by atoms with Crippen LogP contribution in [0.25, 0.3) is 21.8 Å². The van der Waals surface area contributed by atoms with Crippen LogP contribution in [0.5, 0.6) is 0 Å². The first kappa shape index (κ1) is 8.17. The highest BCUT2D eigenvalue weighted by molar-refractivity contribution is 6.00. The monoisotopic (exact) mass is 196 g/mol. The lowest BCUT2D eigenvalue weighted by Crippen LogP contribution is -2.26. The fourth-order valence-electron chi connectivity index (χ4n) is 1.81. The van der Waals surface area contributed by atoms with Crippen molar-refractivity contribution in [2.24, 2.45) is 0 Å². The molecule has 0 aliphatic rings. The predicted molar refractivity (Wildman–Crippen MR) is 58.2 cm³/mol. The number of rotatable bonds is 0. The maximum absolute atomic E-state index is 11.7. The lowest BCUT2D eigenvalue weighted by molar-refractivity contribution is -0.576. The normalized spacial score (nSPS) is 10.9. The zero-order chi connectivity index (χ0) is 10.3. The summed E-state index contributed by atoms with van der Waals surface area (Å²) in [6.45, 7) is 0. The molecule has 0 aliphatic carbocycles. The molecular weight excluding hydrogens is 188 g/mol. The van der Waals surface area contributed by atoms with E-state index >= 15 is 0 Å². The second-order valence-electron chi connectivity index (χ2n) is 3.41. The topological polar surface area (TPSA) is 39.8 Å². The molecule has 2 heterocycles. The SMILES string of the molecule is [O-][n+]1cccc2ccc3cccnc3c21. The lowest BCUT2D eigenvalue weighted by Gasteiger charge is -2.03. The van der Waals surface area contributed by atoms with E-state index in [1.54, 1.807) is 12.3 Å². The summed E-state index contributed by atoms with van der Waals surface area (Å²) in [4.78, 5) is 4.25. The fourth-order valence-corrected chi connectivity index (χ4v) is 1.81. The van der Waals surface area contributed by atoms with Crippen molar-refractivity contribution < 1.29 is 4.73 Å². The van der Waals surface area contributed by atoms with Gasteiger partial charge in [-0.3, -0.25) is 0 Å². The van der Waals surface area contributed by atoms with E-state index in [0.717, 1.165) is 21.0 Å². The maximum Gasteiger partial charge on any atom is 0.250 e. The van der Waals surface area contributed by atoms with Gasteiger partial charge < -0.3 is 5.21 Å². The molecule has 3 heteroatoms. The molecule has 0 N–H and O–H groups in total. The molecule has 3 rings (SSSR count). The molecule has 0 fully saturated rings. The molecule has 0 atom stereocenters. The van der Waals surface area contributed by atoms with Gasteiger partial charge in [0.05, 0.1) is 5.39 Å². The van der Waals surface area contributed by atoms with Gasteiger partial charge in [-0.25, -0.2) is 4.98 Å². The standard InChI is InChI=1S/C12H8N2O/c15-14-8-2-4-10-6-5-9-3-1-7-13-11(9)12(10)14/h1-8H. The summed E-state index contributed by atoms with van der Waals surface area (Å²) in [5.41, 5.74) is 1.39. The van der Waals surface area contributed by atoms with E-state index < -0.39 is 0 Å². The van der Waals surface area contributed by atoms with Gasteiger partial charge in [0.15, 0.2) is 6.20 Å². The second-order valence-corrected chi connectivity index (χ2v) is 3.41. The molecule has 0 radical (unpaired) electrons. The smallest absolute Gasteiger partial charge is 0.250 e. The van der Waals surface area contributed by atoms with Crippen LogP contribution in [-0.2, 0) is 0 Å². The van der Waals surface area contributed by atoms with Gasteiger partial charge in [0.2, 0.25) is 5.52 Å². The van der Waals surface area contributed by atoms with Crippen LogP contribution in [0.3, 0.4) is 0 Å². The van der Waals surface area contributed by atoms with Crippen LogP contribution < -0.4 is 4.73 Å². The van der Waals surface area contributed by atoms with Crippen LogP contribution in [0.2, 0.25) is 0 Å². The first-order chi connectivity index (χ1) is 7.36. The Morgan fingerprint density at radius 3 is 2.73 bits per heavy atom. The van der Waals surface area contributed by atoms with Crippen LogP contribution in [0.15, 0.2) is 48.8 Å². The van der Waals surface area contributed by atoms with Gasteiger partial charge in [-0.05, 0) is 18.2 Å². The Kier molecular flexibility index (Phi) is 1.59. The van der Waals surface area contributed by atoms with Gasteiger partial charge in [-0.1, -0.05) is 12.1 Å².